The second kappa shape index (κ2) is 5.62. The molecule has 0 bridgehead atoms. The number of rotatable bonds is 2. The Morgan fingerprint density at radius 2 is 1.95 bits per heavy atom. The Balaban J connectivity index is 2.35. The molecule has 104 valence electrons. The molecule has 0 radical (unpaired) electrons. The van der Waals surface area contributed by atoms with Gasteiger partial charge in [0.1, 0.15) is 5.82 Å². The maximum absolute atomic E-state index is 12.9. The quantitative estimate of drug-likeness (QED) is 0.890. The lowest BCUT2D eigenvalue weighted by atomic mass is 10.1. The zero-order chi connectivity index (χ0) is 14.8. The van der Waals surface area contributed by atoms with Crippen LogP contribution in [0.2, 0.25) is 0 Å². The lowest BCUT2D eigenvalue weighted by Crippen LogP contribution is -2.19. The predicted molar refractivity (Wildman–Crippen MR) is 71.3 cm³/mol. The Morgan fingerprint density at radius 3 is 2.55 bits per heavy atom. The molecule has 20 heavy (non-hydrogen) atoms. The largest absolute Gasteiger partial charge is 0.417 e. The summed E-state index contributed by atoms with van der Waals surface area (Å²) in [7, 11) is 0. The first-order valence-corrected chi connectivity index (χ1v) is 6.26. The van der Waals surface area contributed by atoms with Crippen LogP contribution in [0.1, 0.15) is 15.9 Å². The van der Waals surface area contributed by atoms with E-state index in [9.17, 15) is 18.0 Å². The zero-order valence-electron chi connectivity index (χ0n) is 9.91. The molecule has 3 nitrogen and oxygen atoms in total. The Bertz CT molecular complexity index is 629. The number of aromatic nitrogens is 1. The highest BCUT2D eigenvalue weighted by Crippen LogP contribution is 2.34. The van der Waals surface area contributed by atoms with Crippen molar-refractivity contribution in [3.05, 3.63) is 58.2 Å². The van der Waals surface area contributed by atoms with E-state index in [4.69, 9.17) is 0 Å². The van der Waals surface area contributed by atoms with Crippen LogP contribution in [0.3, 0.4) is 0 Å². The van der Waals surface area contributed by atoms with Crippen LogP contribution in [0.25, 0.3) is 0 Å². The fourth-order valence-corrected chi connectivity index (χ4v) is 1.93. The molecule has 2 aromatic rings. The lowest BCUT2D eigenvalue weighted by Gasteiger charge is -2.13. The van der Waals surface area contributed by atoms with Gasteiger partial charge in [-0.05, 0) is 30.3 Å². The van der Waals surface area contributed by atoms with Crippen LogP contribution in [0, 0.1) is 0 Å². The summed E-state index contributed by atoms with van der Waals surface area (Å²) in [5.41, 5.74) is -1.45. The van der Waals surface area contributed by atoms with Crippen LogP contribution >= 0.6 is 15.9 Å². The van der Waals surface area contributed by atoms with Gasteiger partial charge in [0.2, 0.25) is 0 Å². The molecule has 0 saturated heterocycles. The van der Waals surface area contributed by atoms with Gasteiger partial charge in [0.25, 0.3) is 5.91 Å². The summed E-state index contributed by atoms with van der Waals surface area (Å²) in [5.74, 6) is -0.669. The molecule has 0 aliphatic carbocycles. The van der Waals surface area contributed by atoms with E-state index in [-0.39, 0.29) is 10.3 Å². The highest BCUT2D eigenvalue weighted by Gasteiger charge is 2.35. The van der Waals surface area contributed by atoms with Crippen LogP contribution < -0.4 is 5.32 Å². The summed E-state index contributed by atoms with van der Waals surface area (Å²) >= 11 is 2.96. The van der Waals surface area contributed by atoms with Crippen molar-refractivity contribution in [2.45, 2.75) is 6.18 Å². The summed E-state index contributed by atoms with van der Waals surface area (Å²) in [5, 5.41) is 2.32. The minimum atomic E-state index is -4.61. The highest BCUT2D eigenvalue weighted by molar-refractivity contribution is 9.10. The summed E-state index contributed by atoms with van der Waals surface area (Å²) in [6.07, 6.45) is -3.18. The van der Waals surface area contributed by atoms with Crippen molar-refractivity contribution in [1.82, 2.24) is 4.98 Å². The molecule has 1 aromatic carbocycles. The number of carbonyl (C=O) groups is 1. The van der Waals surface area contributed by atoms with Gasteiger partial charge in [0.05, 0.1) is 11.1 Å². The summed E-state index contributed by atoms with van der Waals surface area (Å²) in [6, 6.07) is 8.11. The van der Waals surface area contributed by atoms with E-state index in [0.29, 0.717) is 0 Å². The van der Waals surface area contributed by atoms with Crippen LogP contribution in [0.5, 0.6) is 0 Å². The molecule has 1 aromatic heterocycles. The summed E-state index contributed by atoms with van der Waals surface area (Å²) in [4.78, 5) is 15.8. The fourth-order valence-electron chi connectivity index (χ4n) is 1.57. The average molecular weight is 345 g/mol. The third-order valence-corrected chi connectivity index (χ3v) is 2.93. The molecule has 1 N–H and O–H groups in total. The number of nitrogens with zero attached hydrogens (tertiary/aromatic N) is 1. The fraction of sp³-hybridized carbons (Fsp3) is 0.0769. The van der Waals surface area contributed by atoms with Crippen molar-refractivity contribution in [3.63, 3.8) is 0 Å². The minimum absolute atomic E-state index is 0.188. The minimum Gasteiger partial charge on any atom is -0.307 e. The smallest absolute Gasteiger partial charge is 0.307 e. The number of alkyl halides is 3. The molecule has 2 rings (SSSR count). The molecule has 0 fully saturated rings. The maximum Gasteiger partial charge on any atom is 0.417 e. The van der Waals surface area contributed by atoms with Gasteiger partial charge in [-0.1, -0.05) is 22.0 Å². The normalized spacial score (nSPS) is 11.2. The van der Waals surface area contributed by atoms with E-state index in [1.54, 1.807) is 12.1 Å². The summed E-state index contributed by atoms with van der Waals surface area (Å²) < 4.78 is 39.0. The second-order valence-electron chi connectivity index (χ2n) is 3.86. The number of halogens is 4. The van der Waals surface area contributed by atoms with Crippen LogP contribution in [0.15, 0.2) is 47.1 Å². The first kappa shape index (κ1) is 14.5. The zero-order valence-corrected chi connectivity index (χ0v) is 11.5. The maximum atomic E-state index is 12.9. The van der Waals surface area contributed by atoms with Crippen molar-refractivity contribution in [3.8, 4) is 0 Å². The number of benzene rings is 1. The Labute approximate surface area is 121 Å². The number of anilines is 1. The van der Waals surface area contributed by atoms with Crippen LogP contribution in [-0.4, -0.2) is 10.9 Å². The number of carbonyl (C=O) groups excluding carboxylic acids is 1. The van der Waals surface area contributed by atoms with E-state index >= 15 is 0 Å². The molecule has 1 heterocycles. The summed E-state index contributed by atoms with van der Waals surface area (Å²) in [6.45, 7) is 0. The van der Waals surface area contributed by atoms with E-state index in [1.165, 1.54) is 18.3 Å². The molecule has 0 aliphatic heterocycles. The van der Waals surface area contributed by atoms with Crippen molar-refractivity contribution in [1.29, 1.82) is 0 Å². The van der Waals surface area contributed by atoms with Crippen molar-refractivity contribution in [2.75, 3.05) is 5.32 Å². The topological polar surface area (TPSA) is 42.0 Å². The molecular weight excluding hydrogens is 337 g/mol. The first-order valence-electron chi connectivity index (χ1n) is 5.47. The number of amides is 1. The van der Waals surface area contributed by atoms with Gasteiger partial charge in [-0.15, -0.1) is 0 Å². The van der Waals surface area contributed by atoms with Gasteiger partial charge in [0, 0.05) is 10.7 Å². The first-order chi connectivity index (χ1) is 9.38. The predicted octanol–water partition coefficient (Wildman–Crippen LogP) is 4.12. The Hall–Kier alpha value is -1.89. The van der Waals surface area contributed by atoms with E-state index in [1.807, 2.05) is 0 Å². The van der Waals surface area contributed by atoms with Crippen molar-refractivity contribution in [2.24, 2.45) is 0 Å². The van der Waals surface area contributed by atoms with Gasteiger partial charge < -0.3 is 5.32 Å². The molecule has 0 atom stereocenters. The molecular formula is C13H8BrF3N2O. The van der Waals surface area contributed by atoms with Crippen molar-refractivity contribution < 1.29 is 18.0 Å². The molecule has 1 amide bonds. The van der Waals surface area contributed by atoms with E-state index in [2.05, 4.69) is 26.2 Å². The molecule has 7 heteroatoms. The van der Waals surface area contributed by atoms with Crippen molar-refractivity contribution >= 4 is 27.7 Å². The van der Waals surface area contributed by atoms with Gasteiger partial charge in [0.15, 0.2) is 0 Å². The van der Waals surface area contributed by atoms with Gasteiger partial charge in [-0.25, -0.2) is 4.98 Å². The third kappa shape index (κ3) is 3.36. The van der Waals surface area contributed by atoms with Gasteiger partial charge >= 0.3 is 6.18 Å². The highest BCUT2D eigenvalue weighted by atomic mass is 79.9. The Kier molecular flexibility index (Phi) is 4.08. The lowest BCUT2D eigenvalue weighted by molar-refractivity contribution is -0.137. The van der Waals surface area contributed by atoms with E-state index in [0.717, 1.165) is 12.1 Å². The van der Waals surface area contributed by atoms with Crippen LogP contribution in [-0.2, 0) is 6.18 Å². The number of hydrogen-bond donors (Lipinski definition) is 1. The van der Waals surface area contributed by atoms with Gasteiger partial charge in [-0.3, -0.25) is 4.79 Å². The average Bonchev–Trinajstić information content (AvgIpc) is 2.38. The number of pyridine rings is 1. The third-order valence-electron chi connectivity index (χ3n) is 2.44. The van der Waals surface area contributed by atoms with Gasteiger partial charge in [-0.2, -0.15) is 13.2 Å². The number of hydrogen-bond acceptors (Lipinski definition) is 2. The molecule has 0 saturated carbocycles. The monoisotopic (exact) mass is 344 g/mol. The van der Waals surface area contributed by atoms with Crippen LogP contribution in [0.4, 0.5) is 19.0 Å². The SMILES string of the molecule is O=C(Nc1ccccn1)c1ccc(Br)cc1C(F)(F)F. The molecule has 0 unspecified atom stereocenters. The van der Waals surface area contributed by atoms with E-state index < -0.39 is 23.2 Å². The number of nitrogens with one attached hydrogen (secondary N) is 1. The Morgan fingerprint density at radius 1 is 1.20 bits per heavy atom. The second-order valence-corrected chi connectivity index (χ2v) is 4.77. The standard InChI is InChI=1S/C13H8BrF3N2O/c14-8-4-5-9(10(7-8)13(15,16)17)12(20)19-11-3-1-2-6-18-11/h1-7H,(H,18,19,20). The molecule has 0 spiro atoms. The molecule has 0 aliphatic rings.